The lowest BCUT2D eigenvalue weighted by Gasteiger charge is -2.13. The van der Waals surface area contributed by atoms with Gasteiger partial charge in [-0.1, -0.05) is 50.6 Å². The highest BCUT2D eigenvalue weighted by Gasteiger charge is 2.23. The summed E-state index contributed by atoms with van der Waals surface area (Å²) in [6.07, 6.45) is 10.3. The molecule has 0 atom stereocenters. The number of nitrogens with one attached hydrogen (secondary N) is 1. The molecule has 4 heteroatoms. The molecule has 3 nitrogen and oxygen atoms in total. The summed E-state index contributed by atoms with van der Waals surface area (Å²) in [6.45, 7) is 2.97. The summed E-state index contributed by atoms with van der Waals surface area (Å²) in [5, 5.41) is 4.65. The Morgan fingerprint density at radius 1 is 1.16 bits per heavy atom. The Balaban J connectivity index is 1.71. The van der Waals surface area contributed by atoms with Gasteiger partial charge >= 0.3 is 0 Å². The number of nitrogens with zero attached hydrogens (tertiary/aromatic N) is 1. The minimum Gasteiger partial charge on any atom is -0.352 e. The van der Waals surface area contributed by atoms with Crippen molar-refractivity contribution in [1.82, 2.24) is 10.3 Å². The molecule has 1 aliphatic carbocycles. The number of rotatable bonds is 8. The van der Waals surface area contributed by atoms with Gasteiger partial charge in [-0.15, -0.1) is 0 Å². The lowest BCUT2D eigenvalue weighted by molar-refractivity contribution is 0.0953. The summed E-state index contributed by atoms with van der Waals surface area (Å²) in [7, 11) is 0. The van der Waals surface area contributed by atoms with Crippen LogP contribution in [0.3, 0.4) is 0 Å². The molecule has 0 fully saturated rings. The number of unbranched alkanes of at least 4 members (excludes halogenated alkanes) is 5. The van der Waals surface area contributed by atoms with Gasteiger partial charge in [0.25, 0.3) is 5.91 Å². The van der Waals surface area contributed by atoms with Crippen molar-refractivity contribution in [3.8, 4) is 0 Å². The predicted molar refractivity (Wildman–Crippen MR) is 104 cm³/mol. The van der Waals surface area contributed by atoms with Crippen LogP contribution in [0.5, 0.6) is 0 Å². The zero-order valence-electron chi connectivity index (χ0n) is 15.0. The number of benzene rings is 1. The first-order valence-corrected chi connectivity index (χ1v) is 9.97. The van der Waals surface area contributed by atoms with E-state index < -0.39 is 0 Å². The fourth-order valence-corrected chi connectivity index (χ4v) is 3.86. The largest absolute Gasteiger partial charge is 0.352 e. The van der Waals surface area contributed by atoms with Crippen LogP contribution in [0.25, 0.3) is 10.9 Å². The van der Waals surface area contributed by atoms with Crippen molar-refractivity contribution >= 4 is 28.4 Å². The zero-order chi connectivity index (χ0) is 17.6. The van der Waals surface area contributed by atoms with Crippen LogP contribution in [0.2, 0.25) is 5.02 Å². The van der Waals surface area contributed by atoms with E-state index >= 15 is 0 Å². The van der Waals surface area contributed by atoms with Crippen molar-refractivity contribution in [3.05, 3.63) is 40.0 Å². The molecule has 25 heavy (non-hydrogen) atoms. The van der Waals surface area contributed by atoms with Crippen LogP contribution >= 0.6 is 11.6 Å². The molecule has 3 rings (SSSR count). The topological polar surface area (TPSA) is 42.0 Å². The zero-order valence-corrected chi connectivity index (χ0v) is 15.8. The number of amides is 1. The van der Waals surface area contributed by atoms with Crippen molar-refractivity contribution < 1.29 is 4.79 Å². The quantitative estimate of drug-likeness (QED) is 0.636. The Kier molecular flexibility index (Phi) is 6.30. The van der Waals surface area contributed by atoms with Crippen LogP contribution in [-0.2, 0) is 12.8 Å². The van der Waals surface area contributed by atoms with E-state index in [2.05, 4.69) is 12.2 Å². The normalized spacial score (nSPS) is 13.2. The molecule has 1 aliphatic rings. The molecule has 0 saturated carbocycles. The molecular weight excluding hydrogens is 332 g/mol. The predicted octanol–water partition coefficient (Wildman–Crippen LogP) is 5.47. The Labute approximate surface area is 155 Å². The van der Waals surface area contributed by atoms with E-state index in [1.54, 1.807) is 0 Å². The number of hydrogen-bond acceptors (Lipinski definition) is 2. The van der Waals surface area contributed by atoms with E-state index in [1.165, 1.54) is 32.1 Å². The molecule has 0 saturated heterocycles. The number of aromatic nitrogens is 1. The van der Waals surface area contributed by atoms with Gasteiger partial charge in [0.1, 0.15) is 0 Å². The monoisotopic (exact) mass is 358 g/mol. The molecule has 1 heterocycles. The molecule has 0 radical (unpaired) electrons. The summed E-state index contributed by atoms with van der Waals surface area (Å²) in [5.41, 5.74) is 3.87. The number of carbonyl (C=O) groups excluding carboxylic acids is 1. The standard InChI is InChI=1S/C21H27ClN2O/c1-2-3-4-5-6-7-13-23-21(25)20-16-9-8-10-18(16)24-19-12-11-15(22)14-17(19)20/h11-12,14H,2-10,13H2,1H3,(H,23,25). The molecule has 134 valence electrons. The first-order chi connectivity index (χ1) is 12.2. The van der Waals surface area contributed by atoms with Crippen LogP contribution in [0.4, 0.5) is 0 Å². The van der Waals surface area contributed by atoms with Crippen molar-refractivity contribution in [2.45, 2.75) is 64.7 Å². The van der Waals surface area contributed by atoms with Gasteiger partial charge in [0, 0.05) is 22.6 Å². The fourth-order valence-electron chi connectivity index (χ4n) is 3.69. The van der Waals surface area contributed by atoms with E-state index in [9.17, 15) is 4.79 Å². The second kappa shape index (κ2) is 8.66. The van der Waals surface area contributed by atoms with Crippen molar-refractivity contribution in [3.63, 3.8) is 0 Å². The second-order valence-corrected chi connectivity index (χ2v) is 7.39. The van der Waals surface area contributed by atoms with Crippen molar-refractivity contribution in [1.29, 1.82) is 0 Å². The first-order valence-electron chi connectivity index (χ1n) is 9.60. The van der Waals surface area contributed by atoms with E-state index in [1.807, 2.05) is 18.2 Å². The molecule has 1 amide bonds. The smallest absolute Gasteiger partial charge is 0.252 e. The minimum atomic E-state index is 0.0291. The van der Waals surface area contributed by atoms with Gasteiger partial charge < -0.3 is 5.32 Å². The molecule has 1 aromatic carbocycles. The molecule has 1 aromatic heterocycles. The summed E-state index contributed by atoms with van der Waals surface area (Å²) >= 11 is 6.17. The minimum absolute atomic E-state index is 0.0291. The molecule has 2 aromatic rings. The van der Waals surface area contributed by atoms with Crippen molar-refractivity contribution in [2.75, 3.05) is 6.54 Å². The maximum Gasteiger partial charge on any atom is 0.252 e. The van der Waals surface area contributed by atoms with Gasteiger partial charge in [0.05, 0.1) is 11.1 Å². The van der Waals surface area contributed by atoms with Gasteiger partial charge in [-0.2, -0.15) is 0 Å². The highest BCUT2D eigenvalue weighted by molar-refractivity contribution is 6.31. The number of hydrogen-bond donors (Lipinski definition) is 1. The fraction of sp³-hybridized carbons (Fsp3) is 0.524. The van der Waals surface area contributed by atoms with Gasteiger partial charge in [-0.05, 0) is 49.4 Å². The first kappa shape index (κ1) is 18.2. The second-order valence-electron chi connectivity index (χ2n) is 6.95. The highest BCUT2D eigenvalue weighted by Crippen LogP contribution is 2.31. The van der Waals surface area contributed by atoms with Crippen LogP contribution < -0.4 is 5.32 Å². The Hall–Kier alpha value is -1.61. The average Bonchev–Trinajstić information content (AvgIpc) is 3.06. The third-order valence-electron chi connectivity index (χ3n) is 5.02. The third-order valence-corrected chi connectivity index (χ3v) is 5.25. The summed E-state index contributed by atoms with van der Waals surface area (Å²) < 4.78 is 0. The van der Waals surface area contributed by atoms with Crippen LogP contribution in [0.15, 0.2) is 18.2 Å². The Morgan fingerprint density at radius 3 is 2.80 bits per heavy atom. The molecule has 1 N–H and O–H groups in total. The maximum absolute atomic E-state index is 12.9. The lowest BCUT2D eigenvalue weighted by atomic mass is 10.0. The maximum atomic E-state index is 12.9. The van der Waals surface area contributed by atoms with Crippen LogP contribution in [0, 0.1) is 0 Å². The number of carbonyl (C=O) groups is 1. The van der Waals surface area contributed by atoms with E-state index in [0.717, 1.165) is 60.0 Å². The van der Waals surface area contributed by atoms with Crippen LogP contribution in [-0.4, -0.2) is 17.4 Å². The Morgan fingerprint density at radius 2 is 1.96 bits per heavy atom. The van der Waals surface area contributed by atoms with Gasteiger partial charge in [0.2, 0.25) is 0 Å². The number of halogens is 1. The summed E-state index contributed by atoms with van der Waals surface area (Å²) in [5.74, 6) is 0.0291. The number of pyridine rings is 1. The van der Waals surface area contributed by atoms with Gasteiger partial charge in [0.15, 0.2) is 0 Å². The average molecular weight is 359 g/mol. The molecular formula is C21H27ClN2O. The molecule has 0 spiro atoms. The Bertz CT molecular complexity index is 757. The van der Waals surface area contributed by atoms with Crippen molar-refractivity contribution in [2.24, 2.45) is 0 Å². The molecule has 0 unspecified atom stereocenters. The van der Waals surface area contributed by atoms with Gasteiger partial charge in [-0.3, -0.25) is 9.78 Å². The summed E-state index contributed by atoms with van der Waals surface area (Å²) in [4.78, 5) is 17.6. The molecule has 0 bridgehead atoms. The number of fused-ring (bicyclic) bond motifs is 2. The lowest BCUT2D eigenvalue weighted by Crippen LogP contribution is -2.26. The highest BCUT2D eigenvalue weighted by atomic mass is 35.5. The molecule has 0 aliphatic heterocycles. The van der Waals surface area contributed by atoms with Gasteiger partial charge in [-0.25, -0.2) is 0 Å². The SMILES string of the molecule is CCCCCCCCNC(=O)c1c2c(nc3ccc(Cl)cc13)CCC2. The number of aryl methyl sites for hydroxylation is 1. The van der Waals surface area contributed by atoms with Crippen LogP contribution in [0.1, 0.15) is 73.5 Å². The third kappa shape index (κ3) is 4.33. The van der Waals surface area contributed by atoms with E-state index in [0.29, 0.717) is 5.02 Å². The van der Waals surface area contributed by atoms with E-state index in [-0.39, 0.29) is 5.91 Å². The van der Waals surface area contributed by atoms with E-state index in [4.69, 9.17) is 16.6 Å². The summed E-state index contributed by atoms with van der Waals surface area (Å²) in [6, 6.07) is 5.64.